The van der Waals surface area contributed by atoms with Gasteiger partial charge in [0, 0.05) is 37.3 Å². The van der Waals surface area contributed by atoms with Gasteiger partial charge in [-0.05, 0) is 62.8 Å². The van der Waals surface area contributed by atoms with Crippen LogP contribution in [0, 0.1) is 0 Å². The van der Waals surface area contributed by atoms with Gasteiger partial charge in [-0.2, -0.15) is 9.97 Å². The molecule has 1 aliphatic carbocycles. The molecule has 11 nitrogen and oxygen atoms in total. The van der Waals surface area contributed by atoms with Crippen LogP contribution in [0.2, 0.25) is 5.02 Å². The van der Waals surface area contributed by atoms with Crippen molar-refractivity contribution in [2.45, 2.75) is 57.2 Å². The van der Waals surface area contributed by atoms with E-state index < -0.39 is 5.60 Å². The summed E-state index contributed by atoms with van der Waals surface area (Å²) in [5.74, 6) is 1.12. The Labute approximate surface area is 254 Å². The number of hydrogen-bond donors (Lipinski definition) is 1. The Balaban J connectivity index is 1.35. The molecular formula is C31H35ClN6O5. The van der Waals surface area contributed by atoms with Crippen molar-refractivity contribution < 1.29 is 19.0 Å². The first-order valence-electron chi connectivity index (χ1n) is 14.6. The van der Waals surface area contributed by atoms with Gasteiger partial charge in [-0.3, -0.25) is 13.9 Å². The number of piperidine rings is 1. The van der Waals surface area contributed by atoms with E-state index in [2.05, 4.69) is 9.88 Å². The zero-order valence-electron chi connectivity index (χ0n) is 24.3. The number of carbonyl (C=O) groups excluding carboxylic acids is 1. The minimum Gasteiger partial charge on any atom is -0.475 e. The number of esters is 1. The highest BCUT2D eigenvalue weighted by atomic mass is 35.5. The lowest BCUT2D eigenvalue weighted by Gasteiger charge is -2.39. The normalized spacial score (nSPS) is 17.9. The van der Waals surface area contributed by atoms with Crippen molar-refractivity contribution in [2.75, 3.05) is 24.6 Å². The molecular weight excluding hydrogens is 572 g/mol. The molecule has 4 aromatic rings. The minimum absolute atomic E-state index is 0.00871. The first-order valence-corrected chi connectivity index (χ1v) is 15.0. The van der Waals surface area contributed by atoms with Gasteiger partial charge < -0.3 is 24.8 Å². The molecule has 2 N–H and O–H groups in total. The highest BCUT2D eigenvalue weighted by Crippen LogP contribution is 2.39. The second-order valence-electron chi connectivity index (χ2n) is 11.1. The molecule has 1 atom stereocenters. The SMILES string of the molecule is CCOC(=O)C1(Oc2cccc(Oc3nc4nc(N5CCC[C@@H](N)C5)n(Cc5ccccc5Cl)c4c(=O)n3C)c2)CCC1. The third-order valence-electron chi connectivity index (χ3n) is 8.09. The van der Waals surface area contributed by atoms with Crippen LogP contribution in [0.1, 0.15) is 44.6 Å². The molecule has 2 aromatic heterocycles. The molecule has 2 fully saturated rings. The van der Waals surface area contributed by atoms with Gasteiger partial charge >= 0.3 is 12.0 Å². The maximum Gasteiger partial charge on any atom is 0.350 e. The fraction of sp³-hybridized carbons (Fsp3) is 0.419. The fourth-order valence-electron chi connectivity index (χ4n) is 5.64. The lowest BCUT2D eigenvalue weighted by molar-refractivity contribution is -0.169. The molecule has 6 rings (SSSR count). The first kappa shape index (κ1) is 29.0. The summed E-state index contributed by atoms with van der Waals surface area (Å²) in [5, 5.41) is 0.601. The summed E-state index contributed by atoms with van der Waals surface area (Å²) in [5.41, 5.74) is 6.48. The number of hydrogen-bond acceptors (Lipinski definition) is 9. The highest BCUT2D eigenvalue weighted by Gasteiger charge is 2.48. The standard InChI is InChI=1S/C31H35ClN6O5/c1-3-41-28(40)31(14-8-15-31)43-23-12-6-11-22(17-23)42-30-35-26-25(27(39)36(30)2)38(18-20-9-4-5-13-24(20)32)29(34-26)37-16-7-10-21(33)19-37/h4-6,9,11-13,17,21H,3,7-8,10,14-16,18-19,33H2,1-2H3/t21-/m1/s1. The van der Waals surface area contributed by atoms with Gasteiger partial charge in [0.05, 0.1) is 13.2 Å². The van der Waals surface area contributed by atoms with Gasteiger partial charge in [-0.15, -0.1) is 0 Å². The van der Waals surface area contributed by atoms with E-state index in [1.54, 1.807) is 38.2 Å². The van der Waals surface area contributed by atoms with Crippen molar-refractivity contribution in [2.24, 2.45) is 12.8 Å². The fourth-order valence-corrected chi connectivity index (χ4v) is 5.84. The molecule has 1 saturated carbocycles. The van der Waals surface area contributed by atoms with E-state index >= 15 is 0 Å². The van der Waals surface area contributed by atoms with E-state index in [9.17, 15) is 9.59 Å². The van der Waals surface area contributed by atoms with Crippen LogP contribution < -0.4 is 25.7 Å². The van der Waals surface area contributed by atoms with Gasteiger partial charge in [-0.1, -0.05) is 35.9 Å². The highest BCUT2D eigenvalue weighted by molar-refractivity contribution is 6.31. The molecule has 2 aromatic carbocycles. The van der Waals surface area contributed by atoms with Gasteiger partial charge in [-0.25, -0.2) is 4.79 Å². The zero-order valence-corrected chi connectivity index (χ0v) is 25.0. The summed E-state index contributed by atoms with van der Waals surface area (Å²) in [6.45, 7) is 3.79. The summed E-state index contributed by atoms with van der Waals surface area (Å²) in [4.78, 5) is 38.1. The molecule has 1 aliphatic heterocycles. The van der Waals surface area contributed by atoms with E-state index in [0.717, 1.165) is 31.4 Å². The maximum atomic E-state index is 13.9. The second kappa shape index (κ2) is 11.9. The Kier molecular flexibility index (Phi) is 8.02. The Morgan fingerprint density at radius 3 is 2.63 bits per heavy atom. The number of nitrogens with zero attached hydrogens (tertiary/aromatic N) is 5. The van der Waals surface area contributed by atoms with Crippen LogP contribution in [-0.2, 0) is 23.1 Å². The van der Waals surface area contributed by atoms with Crippen molar-refractivity contribution >= 4 is 34.7 Å². The number of fused-ring (bicyclic) bond motifs is 1. The van der Waals surface area contributed by atoms with Crippen LogP contribution in [0.5, 0.6) is 17.5 Å². The van der Waals surface area contributed by atoms with Gasteiger partial charge in [0.1, 0.15) is 11.5 Å². The molecule has 43 heavy (non-hydrogen) atoms. The average molecular weight is 607 g/mol. The van der Waals surface area contributed by atoms with Crippen LogP contribution in [0.3, 0.4) is 0 Å². The van der Waals surface area contributed by atoms with Crippen molar-refractivity contribution in [1.82, 2.24) is 19.1 Å². The number of nitrogens with two attached hydrogens (primary N) is 1. The molecule has 0 amide bonds. The molecule has 1 saturated heterocycles. The number of carbonyl (C=O) groups is 1. The van der Waals surface area contributed by atoms with Crippen molar-refractivity contribution in [3.8, 4) is 17.5 Å². The summed E-state index contributed by atoms with van der Waals surface area (Å²) in [6.07, 6.45) is 3.92. The smallest absolute Gasteiger partial charge is 0.350 e. The molecule has 0 bridgehead atoms. The minimum atomic E-state index is -0.986. The second-order valence-corrected chi connectivity index (χ2v) is 11.5. The van der Waals surface area contributed by atoms with Crippen LogP contribution in [0.15, 0.2) is 53.3 Å². The quantitative estimate of drug-likeness (QED) is 0.276. The van der Waals surface area contributed by atoms with Crippen LogP contribution in [-0.4, -0.2) is 56.4 Å². The third kappa shape index (κ3) is 5.66. The summed E-state index contributed by atoms with van der Waals surface area (Å²) in [7, 11) is 1.61. The molecule has 0 spiro atoms. The van der Waals surface area contributed by atoms with E-state index in [-0.39, 0.29) is 35.8 Å². The lowest BCUT2D eigenvalue weighted by atomic mass is 9.80. The summed E-state index contributed by atoms with van der Waals surface area (Å²) < 4.78 is 20.7. The largest absolute Gasteiger partial charge is 0.475 e. The molecule has 12 heteroatoms. The number of rotatable bonds is 9. The van der Waals surface area contributed by atoms with Gasteiger partial charge in [0.15, 0.2) is 11.2 Å². The van der Waals surface area contributed by atoms with Crippen LogP contribution in [0.25, 0.3) is 11.2 Å². The number of ether oxygens (including phenoxy) is 3. The van der Waals surface area contributed by atoms with Gasteiger partial charge in [0.25, 0.3) is 5.56 Å². The van der Waals surface area contributed by atoms with Crippen molar-refractivity contribution in [3.05, 3.63) is 69.5 Å². The molecule has 2 aliphatic rings. The number of anilines is 1. The molecule has 0 radical (unpaired) electrons. The van der Waals surface area contributed by atoms with Crippen LogP contribution in [0.4, 0.5) is 5.95 Å². The number of halogens is 1. The Hall–Kier alpha value is -4.09. The van der Waals surface area contributed by atoms with E-state index in [1.807, 2.05) is 28.8 Å². The Morgan fingerprint density at radius 1 is 1.12 bits per heavy atom. The summed E-state index contributed by atoms with van der Waals surface area (Å²) in [6, 6.07) is 14.5. The number of benzene rings is 2. The first-order chi connectivity index (χ1) is 20.8. The molecule has 0 unspecified atom stereocenters. The van der Waals surface area contributed by atoms with E-state index in [1.165, 1.54) is 4.57 Å². The monoisotopic (exact) mass is 606 g/mol. The lowest BCUT2D eigenvalue weighted by Crippen LogP contribution is -2.51. The van der Waals surface area contributed by atoms with Crippen molar-refractivity contribution in [1.29, 1.82) is 0 Å². The third-order valence-corrected chi connectivity index (χ3v) is 8.46. The predicted molar refractivity (Wildman–Crippen MR) is 163 cm³/mol. The van der Waals surface area contributed by atoms with E-state index in [4.69, 9.17) is 36.5 Å². The molecule has 3 heterocycles. The summed E-state index contributed by atoms with van der Waals surface area (Å²) >= 11 is 6.52. The topological polar surface area (TPSA) is 127 Å². The number of aromatic nitrogens is 4. The maximum absolute atomic E-state index is 13.9. The zero-order chi connectivity index (χ0) is 30.1. The Morgan fingerprint density at radius 2 is 1.91 bits per heavy atom. The average Bonchev–Trinajstić information content (AvgIpc) is 3.33. The van der Waals surface area contributed by atoms with E-state index in [0.29, 0.717) is 53.9 Å². The molecule has 226 valence electrons. The van der Waals surface area contributed by atoms with Gasteiger partial charge in [0.2, 0.25) is 11.5 Å². The Bertz CT molecular complexity index is 1710. The van der Waals surface area contributed by atoms with Crippen molar-refractivity contribution in [3.63, 3.8) is 0 Å². The predicted octanol–water partition coefficient (Wildman–Crippen LogP) is 4.42. The van der Waals surface area contributed by atoms with Crippen LogP contribution >= 0.6 is 11.6 Å². The number of imidazole rings is 1.